The Labute approximate surface area is 169 Å². The zero-order valence-electron chi connectivity index (χ0n) is 17.7. The van der Waals surface area contributed by atoms with Crippen LogP contribution in [0.25, 0.3) is 0 Å². The first-order valence-electron chi connectivity index (χ1n) is 10.7. The van der Waals surface area contributed by atoms with Gasteiger partial charge in [0, 0.05) is 0 Å². The molecular weight excluding hydrogens is 346 g/mol. The number of carbonyl (C=O) groups is 1. The quantitative estimate of drug-likeness (QED) is 0.679. The average Bonchev–Trinajstić information content (AvgIpc) is 2.72. The molecule has 0 unspecified atom stereocenters. The number of aryl methyl sites for hydroxylation is 4. The Morgan fingerprint density at radius 2 is 1.71 bits per heavy atom. The van der Waals surface area contributed by atoms with E-state index in [2.05, 4.69) is 44.3 Å². The third kappa shape index (κ3) is 4.76. The Bertz CT molecular complexity index is 827. The molecule has 28 heavy (non-hydrogen) atoms. The number of fused-ring (bicyclic) bond motifs is 1. The van der Waals surface area contributed by atoms with Gasteiger partial charge in [-0.05, 0) is 92.3 Å². The van der Waals surface area contributed by atoms with Crippen LogP contribution < -0.4 is 10.1 Å². The molecule has 1 amide bonds. The second-order valence-corrected chi connectivity index (χ2v) is 7.97. The maximum Gasteiger partial charge on any atom is 0.261 e. The summed E-state index contributed by atoms with van der Waals surface area (Å²) in [5.41, 5.74) is 6.53. The molecule has 2 aromatic carbocycles. The molecule has 0 radical (unpaired) electrons. The van der Waals surface area contributed by atoms with Gasteiger partial charge in [-0.1, -0.05) is 38.1 Å². The second-order valence-electron chi connectivity index (χ2n) is 7.97. The maximum atomic E-state index is 12.9. The number of nitrogens with one attached hydrogen (secondary N) is 1. The van der Waals surface area contributed by atoms with E-state index in [9.17, 15) is 4.79 Å². The SMILES string of the molecule is CC[C@H](Oc1ccc(C)c(C)c1)C(=O)N[C@@H](CC)c1ccc2c(c1)CCCC2. The number of hydrogen-bond donors (Lipinski definition) is 1. The van der Waals surface area contributed by atoms with Crippen molar-refractivity contribution in [3.05, 3.63) is 64.2 Å². The van der Waals surface area contributed by atoms with E-state index >= 15 is 0 Å². The van der Waals surface area contributed by atoms with E-state index in [4.69, 9.17) is 4.74 Å². The van der Waals surface area contributed by atoms with E-state index in [-0.39, 0.29) is 11.9 Å². The Hall–Kier alpha value is -2.29. The molecule has 1 N–H and O–H groups in total. The molecular formula is C25H33NO2. The smallest absolute Gasteiger partial charge is 0.261 e. The summed E-state index contributed by atoms with van der Waals surface area (Å²) in [5, 5.41) is 3.22. The summed E-state index contributed by atoms with van der Waals surface area (Å²) in [6, 6.07) is 12.7. The summed E-state index contributed by atoms with van der Waals surface area (Å²) in [6.45, 7) is 8.25. The molecule has 0 heterocycles. The number of rotatable bonds is 7. The van der Waals surface area contributed by atoms with Gasteiger partial charge in [0.1, 0.15) is 5.75 Å². The van der Waals surface area contributed by atoms with Gasteiger partial charge in [0.05, 0.1) is 6.04 Å². The summed E-state index contributed by atoms with van der Waals surface area (Å²) in [5.74, 6) is 0.720. The minimum Gasteiger partial charge on any atom is -0.481 e. The van der Waals surface area contributed by atoms with Crippen molar-refractivity contribution in [2.75, 3.05) is 0 Å². The van der Waals surface area contributed by atoms with Crippen LogP contribution >= 0.6 is 0 Å². The molecule has 1 aliphatic rings. The van der Waals surface area contributed by atoms with E-state index in [0.29, 0.717) is 6.42 Å². The van der Waals surface area contributed by atoms with Crippen molar-refractivity contribution in [3.8, 4) is 5.75 Å². The van der Waals surface area contributed by atoms with Gasteiger partial charge in [-0.25, -0.2) is 0 Å². The summed E-state index contributed by atoms with van der Waals surface area (Å²) < 4.78 is 6.02. The van der Waals surface area contributed by atoms with Crippen molar-refractivity contribution in [3.63, 3.8) is 0 Å². The fraction of sp³-hybridized carbons (Fsp3) is 0.480. The molecule has 150 valence electrons. The van der Waals surface area contributed by atoms with Crippen LogP contribution in [0, 0.1) is 13.8 Å². The Morgan fingerprint density at radius 3 is 2.39 bits per heavy atom. The molecule has 1 aliphatic carbocycles. The predicted octanol–water partition coefficient (Wildman–Crippen LogP) is 5.61. The van der Waals surface area contributed by atoms with Crippen molar-refractivity contribution in [2.24, 2.45) is 0 Å². The molecule has 0 fully saturated rings. The van der Waals surface area contributed by atoms with Crippen molar-refractivity contribution in [1.82, 2.24) is 5.32 Å². The molecule has 0 saturated heterocycles. The van der Waals surface area contributed by atoms with Crippen LogP contribution in [0.4, 0.5) is 0 Å². The minimum atomic E-state index is -0.478. The van der Waals surface area contributed by atoms with E-state index < -0.39 is 6.10 Å². The summed E-state index contributed by atoms with van der Waals surface area (Å²) in [7, 11) is 0. The van der Waals surface area contributed by atoms with Gasteiger partial charge in [-0.2, -0.15) is 0 Å². The van der Waals surface area contributed by atoms with Crippen molar-refractivity contribution < 1.29 is 9.53 Å². The lowest BCUT2D eigenvalue weighted by atomic mass is 9.88. The molecule has 2 aromatic rings. The summed E-state index contributed by atoms with van der Waals surface area (Å²) in [6.07, 6.45) is 5.91. The third-order valence-corrected chi connectivity index (χ3v) is 5.92. The number of amides is 1. The van der Waals surface area contributed by atoms with Gasteiger partial charge in [0.2, 0.25) is 0 Å². The highest BCUT2D eigenvalue weighted by Crippen LogP contribution is 2.26. The molecule has 3 nitrogen and oxygen atoms in total. The number of carbonyl (C=O) groups excluding carboxylic acids is 1. The van der Waals surface area contributed by atoms with Gasteiger partial charge in [-0.15, -0.1) is 0 Å². The van der Waals surface area contributed by atoms with Gasteiger partial charge in [-0.3, -0.25) is 4.79 Å². The second kappa shape index (κ2) is 9.27. The molecule has 0 aromatic heterocycles. The first kappa shape index (κ1) is 20.4. The van der Waals surface area contributed by atoms with E-state index in [1.165, 1.54) is 47.1 Å². The Morgan fingerprint density at radius 1 is 0.964 bits per heavy atom. The molecule has 0 bridgehead atoms. The molecule has 0 spiro atoms. The largest absolute Gasteiger partial charge is 0.481 e. The average molecular weight is 380 g/mol. The Balaban J connectivity index is 1.70. The first-order valence-corrected chi connectivity index (χ1v) is 10.7. The summed E-state index contributed by atoms with van der Waals surface area (Å²) >= 11 is 0. The topological polar surface area (TPSA) is 38.3 Å². The predicted molar refractivity (Wildman–Crippen MR) is 115 cm³/mol. The lowest BCUT2D eigenvalue weighted by Crippen LogP contribution is -2.40. The van der Waals surface area contributed by atoms with Gasteiger partial charge in [0.25, 0.3) is 5.91 Å². The highest BCUT2D eigenvalue weighted by Gasteiger charge is 2.23. The van der Waals surface area contributed by atoms with Crippen molar-refractivity contribution in [2.45, 2.75) is 78.4 Å². The van der Waals surface area contributed by atoms with E-state index in [1.807, 2.05) is 25.1 Å². The van der Waals surface area contributed by atoms with Crippen LogP contribution in [0.5, 0.6) is 5.75 Å². The van der Waals surface area contributed by atoms with Gasteiger partial charge < -0.3 is 10.1 Å². The standard InChI is InChI=1S/C25H33NO2/c1-5-23(21-13-12-19-9-7-8-10-20(19)16-21)26-25(27)24(6-2)28-22-14-11-17(3)18(4)15-22/h11-16,23-24H,5-10H2,1-4H3,(H,26,27)/t23-,24-/m0/s1. The Kier molecular flexibility index (Phi) is 6.77. The van der Waals surface area contributed by atoms with Crippen LogP contribution in [0.2, 0.25) is 0 Å². The van der Waals surface area contributed by atoms with Gasteiger partial charge >= 0.3 is 0 Å². The molecule has 2 atom stereocenters. The van der Waals surface area contributed by atoms with Crippen LogP contribution in [-0.2, 0) is 17.6 Å². The van der Waals surface area contributed by atoms with Crippen LogP contribution in [0.1, 0.15) is 73.4 Å². The first-order chi connectivity index (χ1) is 13.5. The molecule has 3 heteroatoms. The lowest BCUT2D eigenvalue weighted by Gasteiger charge is -2.24. The monoisotopic (exact) mass is 379 g/mol. The number of hydrogen-bond acceptors (Lipinski definition) is 2. The van der Waals surface area contributed by atoms with Crippen LogP contribution in [-0.4, -0.2) is 12.0 Å². The minimum absolute atomic E-state index is 0.0251. The molecule has 0 saturated carbocycles. The van der Waals surface area contributed by atoms with Crippen LogP contribution in [0.15, 0.2) is 36.4 Å². The fourth-order valence-corrected chi connectivity index (χ4v) is 3.93. The zero-order valence-corrected chi connectivity index (χ0v) is 17.7. The van der Waals surface area contributed by atoms with Crippen LogP contribution in [0.3, 0.4) is 0 Å². The summed E-state index contributed by atoms with van der Waals surface area (Å²) in [4.78, 5) is 12.9. The highest BCUT2D eigenvalue weighted by atomic mass is 16.5. The fourth-order valence-electron chi connectivity index (χ4n) is 3.93. The van der Waals surface area contributed by atoms with Crippen molar-refractivity contribution in [1.29, 1.82) is 0 Å². The normalized spacial score (nSPS) is 15.4. The number of benzene rings is 2. The highest BCUT2D eigenvalue weighted by molar-refractivity contribution is 5.81. The lowest BCUT2D eigenvalue weighted by molar-refractivity contribution is -0.128. The van der Waals surface area contributed by atoms with E-state index in [1.54, 1.807) is 0 Å². The number of ether oxygens (including phenoxy) is 1. The van der Waals surface area contributed by atoms with E-state index in [0.717, 1.165) is 18.6 Å². The maximum absolute atomic E-state index is 12.9. The molecule has 3 rings (SSSR count). The van der Waals surface area contributed by atoms with Crippen molar-refractivity contribution >= 4 is 5.91 Å². The third-order valence-electron chi connectivity index (χ3n) is 5.92. The molecule has 0 aliphatic heterocycles. The van der Waals surface area contributed by atoms with Gasteiger partial charge in [0.15, 0.2) is 6.10 Å². The zero-order chi connectivity index (χ0) is 20.1.